The Morgan fingerprint density at radius 3 is 2.81 bits per heavy atom. The molecule has 1 aromatic heterocycles. The number of nitrogens with two attached hydrogens (primary N) is 1. The predicted molar refractivity (Wildman–Crippen MR) is 65.9 cm³/mol. The number of nitrogens with zero attached hydrogens (tertiary/aromatic N) is 2. The van der Waals surface area contributed by atoms with Crippen molar-refractivity contribution in [2.75, 3.05) is 11.1 Å². The topological polar surface area (TPSA) is 63.8 Å². The van der Waals surface area contributed by atoms with Gasteiger partial charge in [0.25, 0.3) is 0 Å². The van der Waals surface area contributed by atoms with Crippen LogP contribution in [0.4, 0.5) is 17.3 Å². The molecule has 3 N–H and O–H groups in total. The van der Waals surface area contributed by atoms with Gasteiger partial charge in [0.15, 0.2) is 5.82 Å². The summed E-state index contributed by atoms with van der Waals surface area (Å²) in [6, 6.07) is 5.59. The quantitative estimate of drug-likeness (QED) is 0.839. The Morgan fingerprint density at radius 2 is 2.12 bits per heavy atom. The van der Waals surface area contributed by atoms with Crippen molar-refractivity contribution in [2.24, 2.45) is 0 Å². The molecule has 16 heavy (non-hydrogen) atoms. The SMILES string of the molecule is Cc1cc(Cl)ccc1Nc1cncc(N)n1. The van der Waals surface area contributed by atoms with Crippen LogP contribution < -0.4 is 11.1 Å². The third-order valence-electron chi connectivity index (χ3n) is 2.10. The monoisotopic (exact) mass is 234 g/mol. The summed E-state index contributed by atoms with van der Waals surface area (Å²) < 4.78 is 0. The Bertz CT molecular complexity index is 513. The maximum absolute atomic E-state index is 5.87. The van der Waals surface area contributed by atoms with Gasteiger partial charge in [-0.25, -0.2) is 4.98 Å². The average molecular weight is 235 g/mol. The van der Waals surface area contributed by atoms with E-state index in [1.807, 2.05) is 25.1 Å². The first-order chi connectivity index (χ1) is 7.65. The van der Waals surface area contributed by atoms with Crippen molar-refractivity contribution in [3.05, 3.63) is 41.2 Å². The van der Waals surface area contributed by atoms with Gasteiger partial charge in [-0.3, -0.25) is 4.98 Å². The second-order valence-electron chi connectivity index (χ2n) is 3.41. The third kappa shape index (κ3) is 2.41. The number of aryl methyl sites for hydroxylation is 1. The Hall–Kier alpha value is -1.81. The molecule has 2 aromatic rings. The van der Waals surface area contributed by atoms with E-state index in [2.05, 4.69) is 15.3 Å². The summed E-state index contributed by atoms with van der Waals surface area (Å²) >= 11 is 5.87. The Balaban J connectivity index is 2.27. The van der Waals surface area contributed by atoms with E-state index in [9.17, 15) is 0 Å². The molecule has 0 saturated heterocycles. The third-order valence-corrected chi connectivity index (χ3v) is 2.34. The number of hydrogen-bond donors (Lipinski definition) is 2. The fourth-order valence-electron chi connectivity index (χ4n) is 1.35. The van der Waals surface area contributed by atoms with Crippen LogP contribution in [0.25, 0.3) is 0 Å². The molecule has 0 aliphatic heterocycles. The van der Waals surface area contributed by atoms with Gasteiger partial charge in [0.1, 0.15) is 5.82 Å². The number of halogens is 1. The molecule has 1 aromatic carbocycles. The number of aromatic nitrogens is 2. The number of hydrogen-bond acceptors (Lipinski definition) is 4. The number of rotatable bonds is 2. The predicted octanol–water partition coefficient (Wildman–Crippen LogP) is 2.76. The molecule has 1 heterocycles. The van der Waals surface area contributed by atoms with Gasteiger partial charge in [0, 0.05) is 10.7 Å². The van der Waals surface area contributed by atoms with E-state index in [-0.39, 0.29) is 0 Å². The highest BCUT2D eigenvalue weighted by molar-refractivity contribution is 6.30. The zero-order valence-electron chi connectivity index (χ0n) is 8.74. The number of anilines is 3. The van der Waals surface area contributed by atoms with Gasteiger partial charge in [-0.15, -0.1) is 0 Å². The molecule has 5 heteroatoms. The van der Waals surface area contributed by atoms with Crippen molar-refractivity contribution >= 4 is 28.9 Å². The number of benzene rings is 1. The fraction of sp³-hybridized carbons (Fsp3) is 0.0909. The Kier molecular flexibility index (Phi) is 2.92. The van der Waals surface area contributed by atoms with Crippen molar-refractivity contribution in [1.29, 1.82) is 0 Å². The number of nitrogens with one attached hydrogen (secondary N) is 1. The van der Waals surface area contributed by atoms with Gasteiger partial charge in [-0.2, -0.15) is 0 Å². The molecule has 2 rings (SSSR count). The minimum absolute atomic E-state index is 0.386. The van der Waals surface area contributed by atoms with Crippen molar-refractivity contribution < 1.29 is 0 Å². The first-order valence-electron chi connectivity index (χ1n) is 4.76. The van der Waals surface area contributed by atoms with Crippen LogP contribution >= 0.6 is 11.6 Å². The zero-order valence-corrected chi connectivity index (χ0v) is 9.49. The summed E-state index contributed by atoms with van der Waals surface area (Å²) in [5, 5.41) is 3.84. The first-order valence-corrected chi connectivity index (χ1v) is 5.13. The van der Waals surface area contributed by atoms with E-state index in [1.54, 1.807) is 6.20 Å². The van der Waals surface area contributed by atoms with E-state index >= 15 is 0 Å². The van der Waals surface area contributed by atoms with Crippen molar-refractivity contribution in [1.82, 2.24) is 9.97 Å². The zero-order chi connectivity index (χ0) is 11.5. The summed E-state index contributed by atoms with van der Waals surface area (Å²) in [6.45, 7) is 1.97. The molecular weight excluding hydrogens is 224 g/mol. The summed E-state index contributed by atoms with van der Waals surface area (Å²) in [5.41, 5.74) is 7.51. The minimum Gasteiger partial charge on any atom is -0.382 e. The fourth-order valence-corrected chi connectivity index (χ4v) is 1.57. The molecule has 0 radical (unpaired) electrons. The van der Waals surface area contributed by atoms with Gasteiger partial charge < -0.3 is 11.1 Å². The highest BCUT2D eigenvalue weighted by atomic mass is 35.5. The van der Waals surface area contributed by atoms with E-state index in [4.69, 9.17) is 17.3 Å². The molecule has 0 saturated carbocycles. The van der Waals surface area contributed by atoms with Crippen molar-refractivity contribution in [3.63, 3.8) is 0 Å². The van der Waals surface area contributed by atoms with E-state index in [0.29, 0.717) is 16.7 Å². The van der Waals surface area contributed by atoms with Crippen LogP contribution in [-0.2, 0) is 0 Å². The molecule has 0 spiro atoms. The van der Waals surface area contributed by atoms with Crippen molar-refractivity contribution in [3.8, 4) is 0 Å². The van der Waals surface area contributed by atoms with Crippen LogP contribution in [-0.4, -0.2) is 9.97 Å². The van der Waals surface area contributed by atoms with Crippen molar-refractivity contribution in [2.45, 2.75) is 6.92 Å². The maximum atomic E-state index is 5.87. The summed E-state index contributed by atoms with van der Waals surface area (Å²) in [7, 11) is 0. The van der Waals surface area contributed by atoms with E-state index in [1.165, 1.54) is 6.20 Å². The second kappa shape index (κ2) is 4.37. The molecule has 0 fully saturated rings. The summed E-state index contributed by atoms with van der Waals surface area (Å²) in [6.07, 6.45) is 3.12. The Morgan fingerprint density at radius 1 is 1.31 bits per heavy atom. The van der Waals surface area contributed by atoms with Gasteiger partial charge in [-0.1, -0.05) is 11.6 Å². The molecule has 0 unspecified atom stereocenters. The first kappa shape index (κ1) is 10.7. The highest BCUT2D eigenvalue weighted by Gasteiger charge is 2.01. The molecule has 0 atom stereocenters. The molecule has 0 aliphatic rings. The largest absolute Gasteiger partial charge is 0.382 e. The highest BCUT2D eigenvalue weighted by Crippen LogP contribution is 2.22. The van der Waals surface area contributed by atoms with Crippen LogP contribution in [0, 0.1) is 6.92 Å². The Labute approximate surface area is 98.5 Å². The average Bonchev–Trinajstić information content (AvgIpc) is 2.22. The second-order valence-corrected chi connectivity index (χ2v) is 3.85. The van der Waals surface area contributed by atoms with Gasteiger partial charge in [0.2, 0.25) is 0 Å². The molecule has 82 valence electrons. The lowest BCUT2D eigenvalue weighted by Gasteiger charge is -2.08. The minimum atomic E-state index is 0.386. The maximum Gasteiger partial charge on any atom is 0.151 e. The van der Waals surface area contributed by atoms with E-state index in [0.717, 1.165) is 11.3 Å². The lowest BCUT2D eigenvalue weighted by atomic mass is 10.2. The molecule has 0 amide bonds. The van der Waals surface area contributed by atoms with Crippen LogP contribution in [0.3, 0.4) is 0 Å². The number of nitrogen functional groups attached to an aromatic ring is 1. The van der Waals surface area contributed by atoms with Gasteiger partial charge >= 0.3 is 0 Å². The molecule has 0 aliphatic carbocycles. The van der Waals surface area contributed by atoms with Gasteiger partial charge in [-0.05, 0) is 30.7 Å². The van der Waals surface area contributed by atoms with Crippen LogP contribution in [0.5, 0.6) is 0 Å². The lowest BCUT2D eigenvalue weighted by Crippen LogP contribution is -1.99. The van der Waals surface area contributed by atoms with Crippen LogP contribution in [0.2, 0.25) is 5.02 Å². The molecule has 0 bridgehead atoms. The standard InChI is InChI=1S/C11H11ClN4/c1-7-4-8(12)2-3-9(7)15-11-6-14-5-10(13)16-11/h2-6H,1H3,(H3,13,15,16). The normalized spacial score (nSPS) is 10.1. The molecule has 4 nitrogen and oxygen atoms in total. The van der Waals surface area contributed by atoms with E-state index < -0.39 is 0 Å². The van der Waals surface area contributed by atoms with Crippen LogP contribution in [0.1, 0.15) is 5.56 Å². The van der Waals surface area contributed by atoms with Crippen LogP contribution in [0.15, 0.2) is 30.6 Å². The summed E-state index contributed by atoms with van der Waals surface area (Å²) in [5.74, 6) is 1.00. The van der Waals surface area contributed by atoms with Gasteiger partial charge in [0.05, 0.1) is 12.4 Å². The summed E-state index contributed by atoms with van der Waals surface area (Å²) in [4.78, 5) is 8.05. The lowest BCUT2D eigenvalue weighted by molar-refractivity contribution is 1.20. The molecular formula is C11H11ClN4. The smallest absolute Gasteiger partial charge is 0.151 e.